The molecule has 8 heteroatoms. The van der Waals surface area contributed by atoms with Crippen molar-refractivity contribution in [3.63, 3.8) is 0 Å². The highest BCUT2D eigenvalue weighted by molar-refractivity contribution is 7.98. The van der Waals surface area contributed by atoms with Crippen molar-refractivity contribution in [2.45, 2.75) is 31.0 Å². The number of carbonyl (C=O) groups excluding carboxylic acids is 1. The molecular weight excluding hydrogens is 343 g/mol. The van der Waals surface area contributed by atoms with Crippen LogP contribution in [0.5, 0.6) is 0 Å². The molecule has 4 rings (SSSR count). The van der Waals surface area contributed by atoms with Gasteiger partial charge in [-0.1, -0.05) is 0 Å². The topological polar surface area (TPSA) is 67.4 Å². The third-order valence-electron chi connectivity index (χ3n) is 5.74. The lowest BCUT2D eigenvalue weighted by Crippen LogP contribution is -2.41. The van der Waals surface area contributed by atoms with Crippen LogP contribution in [0, 0.1) is 17.7 Å². The molecule has 4 atom stereocenters. The Balaban J connectivity index is 1.42. The van der Waals surface area contributed by atoms with Crippen LogP contribution in [0.15, 0.2) is 12.4 Å². The van der Waals surface area contributed by atoms with E-state index < -0.39 is 5.82 Å². The minimum Gasteiger partial charge on any atom is -0.369 e. The molecule has 1 aromatic rings. The van der Waals surface area contributed by atoms with Gasteiger partial charge in [-0.05, 0) is 19.1 Å². The summed E-state index contributed by atoms with van der Waals surface area (Å²) in [5.41, 5.74) is -0.156. The fourth-order valence-corrected chi connectivity index (χ4v) is 4.99. The summed E-state index contributed by atoms with van der Waals surface area (Å²) in [4.78, 5) is 22.3. The van der Waals surface area contributed by atoms with Crippen molar-refractivity contribution in [1.29, 1.82) is 0 Å². The number of halogens is 1. The molecule has 0 unspecified atom stereocenters. The van der Waals surface area contributed by atoms with Gasteiger partial charge in [0.25, 0.3) is 0 Å². The summed E-state index contributed by atoms with van der Waals surface area (Å²) in [5, 5.41) is 3.08. The van der Waals surface area contributed by atoms with Gasteiger partial charge in [-0.25, -0.2) is 14.4 Å². The first-order valence-electron chi connectivity index (χ1n) is 8.77. The van der Waals surface area contributed by atoms with Gasteiger partial charge in [0.05, 0.1) is 30.6 Å². The minimum atomic E-state index is -0.427. The van der Waals surface area contributed by atoms with E-state index in [1.54, 1.807) is 11.8 Å². The van der Waals surface area contributed by atoms with Crippen molar-refractivity contribution < 1.29 is 13.9 Å². The van der Waals surface area contributed by atoms with Gasteiger partial charge in [0, 0.05) is 37.1 Å². The summed E-state index contributed by atoms with van der Waals surface area (Å²) in [6, 6.07) is 0. The van der Waals surface area contributed by atoms with Crippen LogP contribution in [0.25, 0.3) is 0 Å². The molecule has 1 aromatic heterocycles. The smallest absolute Gasteiger partial charge is 0.225 e. The predicted molar refractivity (Wildman–Crippen MR) is 94.0 cm³/mol. The summed E-state index contributed by atoms with van der Waals surface area (Å²) < 4.78 is 19.4. The van der Waals surface area contributed by atoms with Crippen molar-refractivity contribution in [3.05, 3.63) is 18.2 Å². The molecule has 3 fully saturated rings. The van der Waals surface area contributed by atoms with Crippen LogP contribution in [0.3, 0.4) is 0 Å². The number of thioether (sulfide) groups is 1. The normalized spacial score (nSPS) is 32.9. The molecule has 1 spiro atoms. The fraction of sp³-hybridized carbons (Fsp3) is 0.706. The third-order valence-corrected chi connectivity index (χ3v) is 6.35. The molecule has 1 N–H and O–H groups in total. The zero-order valence-corrected chi connectivity index (χ0v) is 15.1. The first-order chi connectivity index (χ1) is 12.1. The number of rotatable bonds is 6. The first kappa shape index (κ1) is 17.0. The molecule has 0 aliphatic carbocycles. The van der Waals surface area contributed by atoms with Gasteiger partial charge in [0.1, 0.15) is 0 Å². The van der Waals surface area contributed by atoms with E-state index in [2.05, 4.69) is 20.2 Å². The second-order valence-electron chi connectivity index (χ2n) is 7.16. The molecule has 2 bridgehead atoms. The number of fused-ring (bicyclic) bond motifs is 1. The lowest BCUT2D eigenvalue weighted by atomic mass is 9.73. The highest BCUT2D eigenvalue weighted by Gasteiger charge is 2.63. The Morgan fingerprint density at radius 2 is 2.32 bits per heavy atom. The van der Waals surface area contributed by atoms with E-state index >= 15 is 0 Å². The SMILES string of the molecule is CSCCC(=O)NC[C@H]1[C@H]2CN(c3ncc(F)cn3)C[C@]23CC[C@H]1O3. The Bertz CT molecular complexity index is 646. The molecule has 136 valence electrons. The van der Waals surface area contributed by atoms with Gasteiger partial charge in [-0.15, -0.1) is 0 Å². The molecule has 0 saturated carbocycles. The van der Waals surface area contributed by atoms with E-state index in [0.717, 1.165) is 31.7 Å². The summed E-state index contributed by atoms with van der Waals surface area (Å²) in [6.45, 7) is 2.21. The molecule has 3 aliphatic rings. The monoisotopic (exact) mass is 366 g/mol. The van der Waals surface area contributed by atoms with Gasteiger partial charge in [-0.3, -0.25) is 4.79 Å². The highest BCUT2D eigenvalue weighted by Crippen LogP contribution is 2.54. The van der Waals surface area contributed by atoms with Crippen molar-refractivity contribution in [2.75, 3.05) is 36.5 Å². The van der Waals surface area contributed by atoms with E-state index in [1.807, 2.05) is 6.26 Å². The molecule has 4 heterocycles. The van der Waals surface area contributed by atoms with E-state index in [1.165, 1.54) is 12.4 Å². The van der Waals surface area contributed by atoms with Crippen LogP contribution >= 0.6 is 11.8 Å². The number of anilines is 1. The van der Waals surface area contributed by atoms with E-state index in [0.29, 0.717) is 30.7 Å². The standard InChI is InChI=1S/C17H23FN4O2S/c1-25-5-3-15(23)19-8-12-13-9-22(16-20-6-11(18)7-21-16)10-17(13)4-2-14(12)24-17/h6-7,12-14H,2-5,8-10H2,1H3,(H,19,23)/t12-,13+,14+,17+/m0/s1. The molecule has 0 aromatic carbocycles. The Hall–Kier alpha value is -1.41. The van der Waals surface area contributed by atoms with Gasteiger partial charge in [0.2, 0.25) is 11.9 Å². The van der Waals surface area contributed by atoms with Gasteiger partial charge < -0.3 is 15.0 Å². The van der Waals surface area contributed by atoms with Crippen LogP contribution in [0.2, 0.25) is 0 Å². The third kappa shape index (κ3) is 3.10. The minimum absolute atomic E-state index is 0.114. The maximum Gasteiger partial charge on any atom is 0.225 e. The van der Waals surface area contributed by atoms with Crippen molar-refractivity contribution in [2.24, 2.45) is 11.8 Å². The van der Waals surface area contributed by atoms with Gasteiger partial charge in [-0.2, -0.15) is 11.8 Å². The fourth-order valence-electron chi connectivity index (χ4n) is 4.60. The number of hydrogen-bond donors (Lipinski definition) is 1. The van der Waals surface area contributed by atoms with Crippen molar-refractivity contribution in [3.8, 4) is 0 Å². The molecule has 3 saturated heterocycles. The van der Waals surface area contributed by atoms with Crippen LogP contribution in [0.1, 0.15) is 19.3 Å². The Morgan fingerprint density at radius 1 is 1.52 bits per heavy atom. The number of amides is 1. The Labute approximate surface area is 150 Å². The highest BCUT2D eigenvalue weighted by atomic mass is 32.2. The maximum absolute atomic E-state index is 13.1. The van der Waals surface area contributed by atoms with Crippen molar-refractivity contribution >= 4 is 23.6 Å². The lowest BCUT2D eigenvalue weighted by Gasteiger charge is -2.29. The predicted octanol–water partition coefficient (Wildman–Crippen LogP) is 1.47. The molecule has 25 heavy (non-hydrogen) atoms. The van der Waals surface area contributed by atoms with Crippen LogP contribution in [0.4, 0.5) is 10.3 Å². The van der Waals surface area contributed by atoms with Crippen LogP contribution in [-0.4, -0.2) is 59.2 Å². The average Bonchev–Trinajstić information content (AvgIpc) is 3.27. The van der Waals surface area contributed by atoms with Crippen molar-refractivity contribution in [1.82, 2.24) is 15.3 Å². The van der Waals surface area contributed by atoms with E-state index in [9.17, 15) is 9.18 Å². The molecule has 3 aliphatic heterocycles. The molecule has 6 nitrogen and oxygen atoms in total. The zero-order chi connectivity index (χ0) is 17.4. The number of hydrogen-bond acceptors (Lipinski definition) is 6. The second-order valence-corrected chi connectivity index (χ2v) is 8.14. The lowest BCUT2D eigenvalue weighted by molar-refractivity contribution is -0.121. The number of carbonyl (C=O) groups is 1. The summed E-state index contributed by atoms with van der Waals surface area (Å²) in [5.74, 6) is 1.78. The summed E-state index contributed by atoms with van der Waals surface area (Å²) in [6.07, 6.45) is 7.29. The largest absolute Gasteiger partial charge is 0.369 e. The van der Waals surface area contributed by atoms with Crippen LogP contribution < -0.4 is 10.2 Å². The van der Waals surface area contributed by atoms with Crippen LogP contribution in [-0.2, 0) is 9.53 Å². The number of nitrogens with one attached hydrogen (secondary N) is 1. The van der Waals surface area contributed by atoms with E-state index in [4.69, 9.17) is 4.74 Å². The summed E-state index contributed by atoms with van der Waals surface area (Å²) in [7, 11) is 0. The number of nitrogens with zero attached hydrogens (tertiary/aromatic N) is 3. The molecular formula is C17H23FN4O2S. The summed E-state index contributed by atoms with van der Waals surface area (Å²) >= 11 is 1.68. The number of ether oxygens (including phenoxy) is 1. The average molecular weight is 366 g/mol. The second kappa shape index (κ2) is 6.72. The molecule has 1 amide bonds. The Kier molecular flexibility index (Phi) is 4.58. The van der Waals surface area contributed by atoms with E-state index in [-0.39, 0.29) is 17.6 Å². The zero-order valence-electron chi connectivity index (χ0n) is 14.3. The first-order valence-corrected chi connectivity index (χ1v) is 10.2. The Morgan fingerprint density at radius 3 is 3.08 bits per heavy atom. The number of aromatic nitrogens is 2. The molecule has 0 radical (unpaired) electrons. The maximum atomic E-state index is 13.1. The van der Waals surface area contributed by atoms with Gasteiger partial charge in [0.15, 0.2) is 5.82 Å². The quantitative estimate of drug-likeness (QED) is 0.822. The van der Waals surface area contributed by atoms with Gasteiger partial charge >= 0.3 is 0 Å².